The summed E-state index contributed by atoms with van der Waals surface area (Å²) in [5, 5.41) is 10.9. The van der Waals surface area contributed by atoms with E-state index in [0.717, 1.165) is 11.3 Å². The highest BCUT2D eigenvalue weighted by atomic mass is 32.2. The van der Waals surface area contributed by atoms with Crippen LogP contribution in [0.15, 0.2) is 54.6 Å². The second-order valence-corrected chi connectivity index (χ2v) is 9.82. The molecule has 10 heteroatoms. The monoisotopic (exact) mass is 446 g/mol. The van der Waals surface area contributed by atoms with Crippen LogP contribution in [-0.2, 0) is 15.8 Å². The van der Waals surface area contributed by atoms with Crippen LogP contribution < -0.4 is 5.32 Å². The van der Waals surface area contributed by atoms with Crippen molar-refractivity contribution in [3.63, 3.8) is 0 Å². The molecule has 1 aromatic heterocycles. The molecule has 0 saturated carbocycles. The number of hydrogen-bond acceptors (Lipinski definition) is 6. The third-order valence-electron chi connectivity index (χ3n) is 4.79. The van der Waals surface area contributed by atoms with Crippen LogP contribution in [0.25, 0.3) is 0 Å². The molecule has 156 valence electrons. The molecule has 0 radical (unpaired) electrons. The van der Waals surface area contributed by atoms with Gasteiger partial charge in [0.2, 0.25) is 15.0 Å². The van der Waals surface area contributed by atoms with Gasteiger partial charge in [0.15, 0.2) is 0 Å². The lowest BCUT2D eigenvalue weighted by Crippen LogP contribution is -2.31. The number of carbonyl (C=O) groups is 1. The fraction of sp³-hybridized carbons (Fsp3) is 0.250. The number of para-hydroxylation sites is 1. The molecule has 1 aliphatic rings. The fourth-order valence-electron chi connectivity index (χ4n) is 3.39. The van der Waals surface area contributed by atoms with Crippen molar-refractivity contribution in [1.82, 2.24) is 14.5 Å². The Labute approximate surface area is 177 Å². The summed E-state index contributed by atoms with van der Waals surface area (Å²) in [5.41, 5.74) is 0.762. The van der Waals surface area contributed by atoms with E-state index in [1.54, 1.807) is 30.3 Å². The standard InChI is InChI=1S/C20H19FN4O3S2/c21-15-9-4-5-10-16(15)22-18(26)20-24-23-19(29-20)17-11-6-12-25(17)30(27,28)13-14-7-2-1-3-8-14/h1-5,7-10,17H,6,11-13H2,(H,22,26)/t17-/m1/s1. The average Bonchev–Trinajstić information content (AvgIpc) is 3.40. The van der Waals surface area contributed by atoms with Gasteiger partial charge in [-0.25, -0.2) is 12.8 Å². The third-order valence-corrected chi connectivity index (χ3v) is 7.67. The minimum atomic E-state index is -3.55. The topological polar surface area (TPSA) is 92.3 Å². The van der Waals surface area contributed by atoms with Crippen LogP contribution in [0, 0.1) is 5.82 Å². The Kier molecular flexibility index (Phi) is 5.89. The lowest BCUT2D eigenvalue weighted by molar-refractivity contribution is 0.102. The zero-order valence-electron chi connectivity index (χ0n) is 15.9. The van der Waals surface area contributed by atoms with E-state index in [1.165, 1.54) is 22.5 Å². The minimum Gasteiger partial charge on any atom is -0.317 e. The van der Waals surface area contributed by atoms with Crippen molar-refractivity contribution in [2.45, 2.75) is 24.6 Å². The van der Waals surface area contributed by atoms with E-state index in [4.69, 9.17) is 0 Å². The second-order valence-electron chi connectivity index (χ2n) is 6.89. The Balaban J connectivity index is 1.51. The van der Waals surface area contributed by atoms with Crippen LogP contribution in [0.4, 0.5) is 10.1 Å². The molecule has 3 aromatic rings. The maximum absolute atomic E-state index is 13.8. The maximum Gasteiger partial charge on any atom is 0.286 e. The van der Waals surface area contributed by atoms with E-state index in [0.29, 0.717) is 30.0 Å². The zero-order valence-corrected chi connectivity index (χ0v) is 17.5. The summed E-state index contributed by atoms with van der Waals surface area (Å²) < 4.78 is 41.1. The zero-order chi connectivity index (χ0) is 21.1. The Bertz CT molecular complexity index is 1150. The van der Waals surface area contributed by atoms with Gasteiger partial charge in [0.05, 0.1) is 17.5 Å². The number of benzene rings is 2. The highest BCUT2D eigenvalue weighted by Crippen LogP contribution is 2.36. The molecule has 7 nitrogen and oxygen atoms in total. The first-order chi connectivity index (χ1) is 14.4. The molecule has 0 spiro atoms. The number of amides is 1. The Morgan fingerprint density at radius 2 is 1.87 bits per heavy atom. The maximum atomic E-state index is 13.8. The number of rotatable bonds is 6. The van der Waals surface area contributed by atoms with Gasteiger partial charge < -0.3 is 5.32 Å². The summed E-state index contributed by atoms with van der Waals surface area (Å²) in [6, 6.07) is 14.4. The fourth-order valence-corrected chi connectivity index (χ4v) is 6.12. The average molecular weight is 447 g/mol. The highest BCUT2D eigenvalue weighted by molar-refractivity contribution is 7.88. The van der Waals surface area contributed by atoms with Gasteiger partial charge in [0.25, 0.3) is 5.91 Å². The molecule has 1 aliphatic heterocycles. The van der Waals surface area contributed by atoms with Gasteiger partial charge in [0, 0.05) is 6.54 Å². The summed E-state index contributed by atoms with van der Waals surface area (Å²) in [7, 11) is -3.55. The van der Waals surface area contributed by atoms with Gasteiger partial charge in [-0.15, -0.1) is 10.2 Å². The molecule has 1 amide bonds. The van der Waals surface area contributed by atoms with E-state index in [9.17, 15) is 17.6 Å². The molecule has 0 aliphatic carbocycles. The van der Waals surface area contributed by atoms with Gasteiger partial charge >= 0.3 is 0 Å². The first-order valence-electron chi connectivity index (χ1n) is 9.37. The summed E-state index contributed by atoms with van der Waals surface area (Å²) in [6.07, 6.45) is 1.31. The number of aromatic nitrogens is 2. The number of carbonyl (C=O) groups excluding carboxylic acids is 1. The molecule has 1 saturated heterocycles. The van der Waals surface area contributed by atoms with Gasteiger partial charge in [0.1, 0.15) is 10.8 Å². The first kappa shape index (κ1) is 20.6. The molecule has 30 heavy (non-hydrogen) atoms. The van der Waals surface area contributed by atoms with Crippen LogP contribution in [0.1, 0.15) is 39.3 Å². The normalized spacial score (nSPS) is 17.2. The lowest BCUT2D eigenvalue weighted by Gasteiger charge is -2.22. The quantitative estimate of drug-likeness (QED) is 0.625. The molecule has 1 atom stereocenters. The van der Waals surface area contributed by atoms with E-state index < -0.39 is 27.8 Å². The second kappa shape index (κ2) is 8.58. The number of nitrogens with one attached hydrogen (secondary N) is 1. The smallest absolute Gasteiger partial charge is 0.286 e. The van der Waals surface area contributed by atoms with Crippen LogP contribution in [0.5, 0.6) is 0 Å². The van der Waals surface area contributed by atoms with Gasteiger partial charge in [-0.2, -0.15) is 4.31 Å². The van der Waals surface area contributed by atoms with E-state index >= 15 is 0 Å². The van der Waals surface area contributed by atoms with Crippen molar-refractivity contribution < 1.29 is 17.6 Å². The van der Waals surface area contributed by atoms with Crippen molar-refractivity contribution in [2.75, 3.05) is 11.9 Å². The van der Waals surface area contributed by atoms with Crippen molar-refractivity contribution in [1.29, 1.82) is 0 Å². The molecule has 1 fully saturated rings. The first-order valence-corrected chi connectivity index (χ1v) is 11.8. The van der Waals surface area contributed by atoms with Crippen LogP contribution in [-0.4, -0.2) is 35.4 Å². The number of anilines is 1. The molecule has 4 rings (SSSR count). The van der Waals surface area contributed by atoms with Crippen molar-refractivity contribution in [3.8, 4) is 0 Å². The largest absolute Gasteiger partial charge is 0.317 e. The van der Waals surface area contributed by atoms with Gasteiger partial charge in [-0.3, -0.25) is 4.79 Å². The molecule has 0 bridgehead atoms. The summed E-state index contributed by atoms with van der Waals surface area (Å²) >= 11 is 1.03. The SMILES string of the molecule is O=C(Nc1ccccc1F)c1nnc([C@H]2CCCN2S(=O)(=O)Cc2ccccc2)s1. The number of halogens is 1. The minimum absolute atomic E-state index is 0.0483. The summed E-state index contributed by atoms with van der Waals surface area (Å²) in [6.45, 7) is 0.399. The van der Waals surface area contributed by atoms with Gasteiger partial charge in [-0.1, -0.05) is 53.8 Å². The number of hydrogen-bond donors (Lipinski definition) is 1. The van der Waals surface area contributed by atoms with Crippen molar-refractivity contribution in [3.05, 3.63) is 76.0 Å². The predicted molar refractivity (Wildman–Crippen MR) is 112 cm³/mol. The predicted octanol–water partition coefficient (Wildman–Crippen LogP) is 3.60. The van der Waals surface area contributed by atoms with Gasteiger partial charge in [-0.05, 0) is 30.5 Å². The number of sulfonamides is 1. The van der Waals surface area contributed by atoms with Crippen LogP contribution in [0.3, 0.4) is 0 Å². The summed E-state index contributed by atoms with van der Waals surface area (Å²) in [4.78, 5) is 12.4. The highest BCUT2D eigenvalue weighted by Gasteiger charge is 2.37. The Morgan fingerprint density at radius 3 is 2.63 bits per heavy atom. The van der Waals surface area contributed by atoms with E-state index in [2.05, 4.69) is 15.5 Å². The van der Waals surface area contributed by atoms with E-state index in [1.807, 2.05) is 6.07 Å². The summed E-state index contributed by atoms with van der Waals surface area (Å²) in [5.74, 6) is -1.23. The third kappa shape index (κ3) is 4.40. The molecule has 2 aromatic carbocycles. The lowest BCUT2D eigenvalue weighted by atomic mass is 10.2. The molecular weight excluding hydrogens is 427 g/mol. The van der Waals surface area contributed by atoms with Crippen LogP contribution >= 0.6 is 11.3 Å². The molecular formula is C20H19FN4O3S2. The van der Waals surface area contributed by atoms with Crippen molar-refractivity contribution >= 4 is 33.0 Å². The van der Waals surface area contributed by atoms with Crippen LogP contribution in [0.2, 0.25) is 0 Å². The molecule has 2 heterocycles. The molecule has 0 unspecified atom stereocenters. The van der Waals surface area contributed by atoms with E-state index in [-0.39, 0.29) is 16.4 Å². The Morgan fingerprint density at radius 1 is 1.13 bits per heavy atom. The molecule has 1 N–H and O–H groups in total. The number of nitrogens with zero attached hydrogens (tertiary/aromatic N) is 3. The van der Waals surface area contributed by atoms with Crippen molar-refractivity contribution in [2.24, 2.45) is 0 Å². The Hall–Kier alpha value is -2.69.